The Bertz CT molecular complexity index is 1370. The van der Waals surface area contributed by atoms with Crippen molar-refractivity contribution in [1.29, 1.82) is 0 Å². The SMILES string of the molecule is CCCCc1nc(O)c(Sc2ccc(-c3ccnc(F)c3C)cc2)c(O)c1N(C)c1ccc(Cl)cc1. The standard InChI is InChI=1S/C28H27ClFN3O2S/c1-4-5-6-23-24(33(3)20-11-9-19(29)10-12-20)25(34)26(28(35)32-23)36-21-13-7-18(8-14-21)22-15-16-31-27(30)17(22)2/h7-16H,4-6H2,1-3H3,(H2,32,34,35). The van der Waals surface area contributed by atoms with Crippen molar-refractivity contribution in [2.24, 2.45) is 0 Å². The Morgan fingerprint density at radius 1 is 1.03 bits per heavy atom. The van der Waals surface area contributed by atoms with Gasteiger partial charge in [-0.2, -0.15) is 4.39 Å². The molecule has 0 saturated heterocycles. The molecule has 0 bridgehead atoms. The molecular formula is C28H27ClFN3O2S. The minimum absolute atomic E-state index is 0.0350. The number of benzene rings is 2. The second kappa shape index (κ2) is 11.2. The molecule has 4 rings (SSSR count). The maximum atomic E-state index is 13.9. The molecule has 8 heteroatoms. The second-order valence-corrected chi connectivity index (χ2v) is 9.97. The van der Waals surface area contributed by atoms with Crippen molar-refractivity contribution < 1.29 is 14.6 Å². The third-order valence-electron chi connectivity index (χ3n) is 6.00. The molecule has 2 aromatic carbocycles. The van der Waals surface area contributed by atoms with Gasteiger partial charge >= 0.3 is 0 Å². The predicted molar refractivity (Wildman–Crippen MR) is 144 cm³/mol. The first-order valence-corrected chi connectivity index (χ1v) is 12.8. The fourth-order valence-corrected chi connectivity index (χ4v) is 4.95. The number of pyridine rings is 2. The lowest BCUT2D eigenvalue weighted by Crippen LogP contribution is -2.13. The normalized spacial score (nSPS) is 11.0. The van der Waals surface area contributed by atoms with Gasteiger partial charge in [0.2, 0.25) is 11.8 Å². The van der Waals surface area contributed by atoms with Crippen LogP contribution in [0.3, 0.4) is 0 Å². The van der Waals surface area contributed by atoms with Gasteiger partial charge in [0, 0.05) is 34.4 Å². The van der Waals surface area contributed by atoms with E-state index >= 15 is 0 Å². The number of rotatable bonds is 8. The van der Waals surface area contributed by atoms with Crippen LogP contribution in [0.1, 0.15) is 31.0 Å². The maximum absolute atomic E-state index is 13.9. The van der Waals surface area contributed by atoms with E-state index in [9.17, 15) is 14.6 Å². The summed E-state index contributed by atoms with van der Waals surface area (Å²) in [6.07, 6.45) is 3.89. The molecule has 186 valence electrons. The zero-order valence-corrected chi connectivity index (χ0v) is 21.9. The number of hydrogen-bond acceptors (Lipinski definition) is 6. The number of unbranched alkanes of at least 4 members (excludes halogenated alkanes) is 1. The summed E-state index contributed by atoms with van der Waals surface area (Å²) in [4.78, 5) is 11.1. The van der Waals surface area contributed by atoms with E-state index < -0.39 is 5.95 Å². The van der Waals surface area contributed by atoms with Crippen molar-refractivity contribution in [3.8, 4) is 22.8 Å². The molecule has 0 saturated carbocycles. The summed E-state index contributed by atoms with van der Waals surface area (Å²) in [6.45, 7) is 3.78. The van der Waals surface area contributed by atoms with Crippen LogP contribution in [-0.2, 0) is 6.42 Å². The highest BCUT2D eigenvalue weighted by Crippen LogP contribution is 2.48. The van der Waals surface area contributed by atoms with Gasteiger partial charge in [-0.3, -0.25) is 0 Å². The summed E-state index contributed by atoms with van der Waals surface area (Å²) in [5.41, 5.74) is 4.10. The lowest BCUT2D eigenvalue weighted by atomic mass is 10.0. The van der Waals surface area contributed by atoms with Crippen molar-refractivity contribution in [2.75, 3.05) is 11.9 Å². The largest absolute Gasteiger partial charge is 0.504 e. The summed E-state index contributed by atoms with van der Waals surface area (Å²) in [6, 6.07) is 16.6. The van der Waals surface area contributed by atoms with Crippen LogP contribution in [-0.4, -0.2) is 27.2 Å². The van der Waals surface area contributed by atoms with Gasteiger partial charge in [-0.1, -0.05) is 48.8 Å². The summed E-state index contributed by atoms with van der Waals surface area (Å²) in [5, 5.41) is 22.7. The van der Waals surface area contributed by atoms with Gasteiger partial charge in [0.25, 0.3) is 0 Å². The van der Waals surface area contributed by atoms with Gasteiger partial charge in [0.15, 0.2) is 5.75 Å². The summed E-state index contributed by atoms with van der Waals surface area (Å²) >= 11 is 7.28. The Morgan fingerprint density at radius 3 is 2.39 bits per heavy atom. The van der Waals surface area contributed by atoms with Gasteiger partial charge in [0.05, 0.1) is 5.69 Å². The van der Waals surface area contributed by atoms with Crippen molar-refractivity contribution in [3.63, 3.8) is 0 Å². The van der Waals surface area contributed by atoms with E-state index in [1.807, 2.05) is 48.3 Å². The van der Waals surface area contributed by atoms with Gasteiger partial charge < -0.3 is 15.1 Å². The van der Waals surface area contributed by atoms with Gasteiger partial charge in [-0.05, 0) is 73.4 Å². The van der Waals surface area contributed by atoms with E-state index in [1.54, 1.807) is 25.1 Å². The summed E-state index contributed by atoms with van der Waals surface area (Å²) < 4.78 is 13.9. The number of aryl methyl sites for hydroxylation is 1. The third kappa shape index (κ3) is 5.42. The molecule has 2 heterocycles. The van der Waals surface area contributed by atoms with E-state index in [0.717, 1.165) is 34.6 Å². The fourth-order valence-electron chi connectivity index (χ4n) is 3.98. The van der Waals surface area contributed by atoms with Crippen molar-refractivity contribution >= 4 is 34.7 Å². The molecule has 0 fully saturated rings. The average molecular weight is 524 g/mol. The van der Waals surface area contributed by atoms with Crippen LogP contribution in [0.25, 0.3) is 11.1 Å². The van der Waals surface area contributed by atoms with Gasteiger partial charge in [0.1, 0.15) is 10.6 Å². The van der Waals surface area contributed by atoms with Crippen molar-refractivity contribution in [3.05, 3.63) is 83.0 Å². The molecular weight excluding hydrogens is 497 g/mol. The molecule has 2 aromatic heterocycles. The predicted octanol–water partition coefficient (Wildman–Crippen LogP) is 7.92. The minimum Gasteiger partial charge on any atom is -0.504 e. The number of aromatic nitrogens is 2. The maximum Gasteiger partial charge on any atom is 0.229 e. The molecule has 0 radical (unpaired) electrons. The van der Waals surface area contributed by atoms with E-state index in [4.69, 9.17) is 11.6 Å². The zero-order chi connectivity index (χ0) is 25.8. The van der Waals surface area contributed by atoms with Crippen LogP contribution in [0.15, 0.2) is 70.6 Å². The molecule has 36 heavy (non-hydrogen) atoms. The zero-order valence-electron chi connectivity index (χ0n) is 20.3. The molecule has 0 spiro atoms. The van der Waals surface area contributed by atoms with Crippen molar-refractivity contribution in [2.45, 2.75) is 42.9 Å². The third-order valence-corrected chi connectivity index (χ3v) is 7.34. The van der Waals surface area contributed by atoms with Crippen LogP contribution in [0.5, 0.6) is 11.6 Å². The Balaban J connectivity index is 1.70. The van der Waals surface area contributed by atoms with E-state index in [0.29, 0.717) is 28.4 Å². The number of hydrogen-bond donors (Lipinski definition) is 2. The van der Waals surface area contributed by atoms with Crippen LogP contribution >= 0.6 is 23.4 Å². The van der Waals surface area contributed by atoms with Crippen LogP contribution in [0.2, 0.25) is 5.02 Å². The highest BCUT2D eigenvalue weighted by Gasteiger charge is 2.23. The number of nitrogens with zero attached hydrogens (tertiary/aromatic N) is 3. The Labute approximate surface area is 219 Å². The Morgan fingerprint density at radius 2 is 1.72 bits per heavy atom. The van der Waals surface area contributed by atoms with Crippen LogP contribution in [0, 0.1) is 12.9 Å². The molecule has 0 atom stereocenters. The molecule has 2 N–H and O–H groups in total. The van der Waals surface area contributed by atoms with E-state index in [1.165, 1.54) is 18.0 Å². The number of anilines is 2. The molecule has 0 aliphatic heterocycles. The first-order chi connectivity index (χ1) is 17.3. The first kappa shape index (κ1) is 25.8. The number of halogens is 2. The summed E-state index contributed by atoms with van der Waals surface area (Å²) in [5.74, 6) is -0.743. The first-order valence-electron chi connectivity index (χ1n) is 11.6. The lowest BCUT2D eigenvalue weighted by molar-refractivity contribution is 0.410. The van der Waals surface area contributed by atoms with Gasteiger partial charge in [-0.15, -0.1) is 0 Å². The van der Waals surface area contributed by atoms with E-state index in [-0.39, 0.29) is 16.5 Å². The lowest BCUT2D eigenvalue weighted by Gasteiger charge is -2.25. The monoisotopic (exact) mass is 523 g/mol. The smallest absolute Gasteiger partial charge is 0.229 e. The van der Waals surface area contributed by atoms with Crippen molar-refractivity contribution in [1.82, 2.24) is 9.97 Å². The Kier molecular flexibility index (Phi) is 8.01. The molecule has 4 aromatic rings. The molecule has 0 unspecified atom stereocenters. The molecule has 0 aliphatic rings. The average Bonchev–Trinajstić information content (AvgIpc) is 2.87. The molecule has 5 nitrogen and oxygen atoms in total. The van der Waals surface area contributed by atoms with E-state index in [2.05, 4.69) is 16.9 Å². The second-order valence-electron chi connectivity index (χ2n) is 8.45. The highest BCUT2D eigenvalue weighted by molar-refractivity contribution is 7.99. The summed E-state index contributed by atoms with van der Waals surface area (Å²) in [7, 11) is 1.85. The number of aromatic hydroxyl groups is 2. The minimum atomic E-state index is -0.493. The fraction of sp³-hybridized carbons (Fsp3) is 0.214. The van der Waals surface area contributed by atoms with Crippen LogP contribution in [0.4, 0.5) is 15.8 Å². The Hall–Kier alpha value is -3.29. The highest BCUT2D eigenvalue weighted by atomic mass is 35.5. The molecule has 0 aliphatic carbocycles. The van der Waals surface area contributed by atoms with Crippen LogP contribution < -0.4 is 4.90 Å². The van der Waals surface area contributed by atoms with Gasteiger partial charge in [-0.25, -0.2) is 9.97 Å². The topological polar surface area (TPSA) is 69.5 Å². The quantitative estimate of drug-likeness (QED) is 0.229. The molecule has 0 amide bonds.